The molecule has 29 heavy (non-hydrogen) atoms. The van der Waals surface area contributed by atoms with Crippen molar-refractivity contribution < 1.29 is 13.6 Å². The van der Waals surface area contributed by atoms with E-state index in [1.54, 1.807) is 42.5 Å². The Bertz CT molecular complexity index is 1170. The first-order chi connectivity index (χ1) is 13.9. The molecule has 2 nitrogen and oxygen atoms in total. The number of benzene rings is 3. The highest BCUT2D eigenvalue weighted by molar-refractivity contribution is 9.09. The highest BCUT2D eigenvalue weighted by Gasteiger charge is 2.37. The van der Waals surface area contributed by atoms with Crippen LogP contribution in [0.3, 0.4) is 0 Å². The normalized spacial score (nSPS) is 11.6. The lowest BCUT2D eigenvalue weighted by Gasteiger charge is -2.19. The van der Waals surface area contributed by atoms with Gasteiger partial charge < -0.3 is 0 Å². The Morgan fingerprint density at radius 3 is 2.10 bits per heavy atom. The number of ketones is 1. The van der Waals surface area contributed by atoms with Crippen LogP contribution < -0.4 is 0 Å². The molecular formula is C24H16BrF2NO. The van der Waals surface area contributed by atoms with Crippen LogP contribution >= 0.6 is 15.9 Å². The lowest BCUT2D eigenvalue weighted by Crippen LogP contribution is -2.18. The number of para-hydroxylation sites is 1. The molecule has 4 aromatic rings. The van der Waals surface area contributed by atoms with Crippen LogP contribution in [0.4, 0.5) is 8.78 Å². The van der Waals surface area contributed by atoms with Crippen molar-refractivity contribution in [2.24, 2.45) is 0 Å². The summed E-state index contributed by atoms with van der Waals surface area (Å²) in [6.07, 6.45) is 0.341. The van der Waals surface area contributed by atoms with E-state index in [4.69, 9.17) is 0 Å². The number of hydrogen-bond acceptors (Lipinski definition) is 2. The summed E-state index contributed by atoms with van der Waals surface area (Å²) in [6.45, 7) is 0. The third-order valence-corrected chi connectivity index (χ3v) is 5.13. The molecule has 3 aromatic carbocycles. The Morgan fingerprint density at radius 2 is 1.45 bits per heavy atom. The molecule has 5 heteroatoms. The molecule has 0 N–H and O–H groups in total. The molecule has 144 valence electrons. The molecule has 1 aromatic heterocycles. The predicted molar refractivity (Wildman–Crippen MR) is 114 cm³/mol. The fourth-order valence-electron chi connectivity index (χ4n) is 3.45. The lowest BCUT2D eigenvalue weighted by molar-refractivity contribution is 0.0969. The summed E-state index contributed by atoms with van der Waals surface area (Å²) in [5.41, 5.74) is 1.63. The van der Waals surface area contributed by atoms with Gasteiger partial charge in [-0.3, -0.25) is 4.79 Å². The highest BCUT2D eigenvalue weighted by Crippen LogP contribution is 2.40. The van der Waals surface area contributed by atoms with Crippen LogP contribution in [0.25, 0.3) is 10.9 Å². The smallest absolute Gasteiger partial charge is 0.289 e. The van der Waals surface area contributed by atoms with E-state index in [9.17, 15) is 13.6 Å². The quantitative estimate of drug-likeness (QED) is 0.256. The van der Waals surface area contributed by atoms with Crippen LogP contribution in [0.5, 0.6) is 0 Å². The van der Waals surface area contributed by atoms with Crippen LogP contribution in [0, 0.1) is 0 Å². The fraction of sp³-hybridized carbons (Fsp3) is 0.0833. The van der Waals surface area contributed by atoms with E-state index in [0.29, 0.717) is 28.5 Å². The summed E-state index contributed by atoms with van der Waals surface area (Å²) in [5, 5.41) is 0.691. The van der Waals surface area contributed by atoms with Gasteiger partial charge in [0.1, 0.15) is 5.69 Å². The molecule has 0 aliphatic heterocycles. The Kier molecular flexibility index (Phi) is 5.24. The second-order valence-electron chi connectivity index (χ2n) is 6.69. The van der Waals surface area contributed by atoms with Gasteiger partial charge in [-0.2, -0.15) is 8.78 Å². The van der Waals surface area contributed by atoms with Crippen LogP contribution in [-0.4, -0.2) is 10.8 Å². The van der Waals surface area contributed by atoms with Crippen molar-refractivity contribution in [3.8, 4) is 0 Å². The zero-order valence-corrected chi connectivity index (χ0v) is 16.9. The van der Waals surface area contributed by atoms with Crippen LogP contribution in [0.1, 0.15) is 32.7 Å². The van der Waals surface area contributed by atoms with Crippen molar-refractivity contribution in [3.05, 3.63) is 113 Å². The van der Waals surface area contributed by atoms with Crippen molar-refractivity contribution in [3.63, 3.8) is 0 Å². The number of rotatable bonds is 5. The summed E-state index contributed by atoms with van der Waals surface area (Å²) in [7, 11) is 0. The molecule has 0 saturated carbocycles. The topological polar surface area (TPSA) is 30.0 Å². The first-order valence-electron chi connectivity index (χ1n) is 9.07. The molecule has 1 heterocycles. The molecule has 0 spiro atoms. The number of halogens is 3. The van der Waals surface area contributed by atoms with Crippen molar-refractivity contribution >= 4 is 32.6 Å². The van der Waals surface area contributed by atoms with E-state index < -0.39 is 16.3 Å². The molecule has 0 bridgehead atoms. The Hall–Kier alpha value is -2.92. The number of pyridine rings is 1. The van der Waals surface area contributed by atoms with Crippen LogP contribution in [0.2, 0.25) is 0 Å². The maximum absolute atomic E-state index is 14.5. The second-order valence-corrected chi connectivity index (χ2v) is 7.68. The van der Waals surface area contributed by atoms with Gasteiger partial charge in [0.2, 0.25) is 0 Å². The van der Waals surface area contributed by atoms with Crippen molar-refractivity contribution in [1.82, 2.24) is 4.98 Å². The van der Waals surface area contributed by atoms with Crippen molar-refractivity contribution in [1.29, 1.82) is 0 Å². The number of alkyl halides is 3. The molecule has 0 amide bonds. The minimum atomic E-state index is -3.44. The summed E-state index contributed by atoms with van der Waals surface area (Å²) in [6, 6.07) is 25.0. The van der Waals surface area contributed by atoms with E-state index >= 15 is 0 Å². The number of carbonyl (C=O) groups excluding carboxylic acids is 1. The first kappa shape index (κ1) is 19.4. The maximum atomic E-state index is 14.5. The highest BCUT2D eigenvalue weighted by atomic mass is 79.9. The molecule has 0 radical (unpaired) electrons. The molecule has 0 saturated heterocycles. The van der Waals surface area contributed by atoms with Gasteiger partial charge in [-0.1, -0.05) is 78.9 Å². The van der Waals surface area contributed by atoms with Crippen LogP contribution in [0.15, 0.2) is 84.9 Å². The Morgan fingerprint density at radius 1 is 0.862 bits per heavy atom. The van der Waals surface area contributed by atoms with E-state index in [0.717, 1.165) is 5.56 Å². The summed E-state index contributed by atoms with van der Waals surface area (Å²) >= 11 is 2.44. The summed E-state index contributed by atoms with van der Waals surface area (Å²) < 4.78 is 29.1. The van der Waals surface area contributed by atoms with Gasteiger partial charge in [0.05, 0.1) is 11.1 Å². The second kappa shape index (κ2) is 7.84. The molecule has 0 aliphatic carbocycles. The average Bonchev–Trinajstić information content (AvgIpc) is 2.74. The Labute approximate surface area is 175 Å². The van der Waals surface area contributed by atoms with Gasteiger partial charge in [0.25, 0.3) is 0 Å². The van der Waals surface area contributed by atoms with Gasteiger partial charge in [-0.15, -0.1) is 0 Å². The maximum Gasteiger partial charge on any atom is 0.343 e. The number of hydrogen-bond donors (Lipinski definition) is 0. The lowest BCUT2D eigenvalue weighted by atomic mass is 9.90. The molecule has 0 fully saturated rings. The third kappa shape index (κ3) is 3.96. The molecule has 0 unspecified atom stereocenters. The van der Waals surface area contributed by atoms with Crippen LogP contribution in [-0.2, 0) is 11.3 Å². The standard InChI is InChI=1S/C24H16BrF2NO/c25-24(26,27)23-21(22(29)17-11-5-2-6-12-17)19(15-16-9-3-1-4-10-16)18-13-7-8-14-20(18)28-23/h1-14H,15H2. The largest absolute Gasteiger partial charge is 0.343 e. The number of fused-ring (bicyclic) bond motifs is 1. The van der Waals surface area contributed by atoms with Gasteiger partial charge in [0.15, 0.2) is 5.78 Å². The van der Waals surface area contributed by atoms with Crippen molar-refractivity contribution in [2.75, 3.05) is 0 Å². The predicted octanol–water partition coefficient (Wildman–Crippen LogP) is 6.50. The number of carbonyl (C=O) groups is 1. The molecular weight excluding hydrogens is 436 g/mol. The van der Waals surface area contributed by atoms with Gasteiger partial charge >= 0.3 is 4.83 Å². The third-order valence-electron chi connectivity index (χ3n) is 4.76. The summed E-state index contributed by atoms with van der Waals surface area (Å²) in [4.78, 5) is 14.1. The molecule has 4 rings (SSSR count). The van der Waals surface area contributed by atoms with E-state index in [-0.39, 0.29) is 5.56 Å². The fourth-order valence-corrected chi connectivity index (χ4v) is 3.73. The van der Waals surface area contributed by atoms with E-state index in [1.807, 2.05) is 42.5 Å². The Balaban J connectivity index is 2.04. The molecule has 0 aliphatic rings. The van der Waals surface area contributed by atoms with Gasteiger partial charge in [-0.05, 0) is 39.5 Å². The minimum absolute atomic E-state index is 0.0550. The number of aromatic nitrogens is 1. The monoisotopic (exact) mass is 451 g/mol. The molecule has 0 atom stereocenters. The summed E-state index contributed by atoms with van der Waals surface area (Å²) in [5.74, 6) is -0.469. The first-order valence-corrected chi connectivity index (χ1v) is 9.87. The van der Waals surface area contributed by atoms with Crippen molar-refractivity contribution in [2.45, 2.75) is 11.3 Å². The zero-order valence-electron chi connectivity index (χ0n) is 15.3. The zero-order chi connectivity index (χ0) is 20.4. The van der Waals surface area contributed by atoms with Gasteiger partial charge in [0, 0.05) is 10.9 Å². The SMILES string of the molecule is O=C(c1ccccc1)c1c(C(F)(F)Br)nc2ccccc2c1Cc1ccccc1. The number of nitrogens with zero attached hydrogens (tertiary/aromatic N) is 1. The van der Waals surface area contributed by atoms with E-state index in [1.165, 1.54) is 0 Å². The minimum Gasteiger partial charge on any atom is -0.289 e. The van der Waals surface area contributed by atoms with Gasteiger partial charge in [-0.25, -0.2) is 4.98 Å². The average molecular weight is 452 g/mol. The van der Waals surface area contributed by atoms with E-state index in [2.05, 4.69) is 20.9 Å².